The molecule has 1 aromatic carbocycles. The maximum atomic E-state index is 12.5. The monoisotopic (exact) mass is 377 g/mol. The van der Waals surface area contributed by atoms with Gasteiger partial charge in [-0.05, 0) is 44.0 Å². The van der Waals surface area contributed by atoms with Crippen LogP contribution in [0.3, 0.4) is 0 Å². The number of carbonyl (C=O) groups excluding carboxylic acids is 1. The summed E-state index contributed by atoms with van der Waals surface area (Å²) in [7, 11) is 0. The molecule has 0 aliphatic heterocycles. The van der Waals surface area contributed by atoms with Crippen molar-refractivity contribution in [3.05, 3.63) is 41.7 Å². The maximum Gasteiger partial charge on any atom is 0.252 e. The second kappa shape index (κ2) is 10.3. The summed E-state index contributed by atoms with van der Waals surface area (Å²) >= 11 is 0.793. The van der Waals surface area contributed by atoms with Gasteiger partial charge in [-0.15, -0.1) is 0 Å². The third-order valence-corrected chi connectivity index (χ3v) is 4.20. The van der Waals surface area contributed by atoms with Crippen molar-refractivity contribution in [1.82, 2.24) is 10.0 Å². The van der Waals surface area contributed by atoms with Crippen LogP contribution < -0.4 is 19.9 Å². The van der Waals surface area contributed by atoms with E-state index in [1.807, 2.05) is 44.2 Å². The molecule has 6 nitrogen and oxygen atoms in total. The molecule has 0 radical (unpaired) electrons. The van der Waals surface area contributed by atoms with Gasteiger partial charge in [0, 0.05) is 30.5 Å². The van der Waals surface area contributed by atoms with Crippen molar-refractivity contribution < 1.29 is 13.9 Å². The zero-order chi connectivity index (χ0) is 18.9. The van der Waals surface area contributed by atoms with Gasteiger partial charge in [0.1, 0.15) is 11.8 Å². The van der Waals surface area contributed by atoms with Crippen LogP contribution in [0, 0.1) is 0 Å². The second-order valence-corrected chi connectivity index (χ2v) is 6.27. The molecular formula is C19H27N3O3S. The van der Waals surface area contributed by atoms with E-state index in [2.05, 4.69) is 17.0 Å². The van der Waals surface area contributed by atoms with Crippen molar-refractivity contribution in [3.8, 4) is 5.75 Å². The fraction of sp³-hybridized carbons (Fsp3) is 0.421. The van der Waals surface area contributed by atoms with Crippen molar-refractivity contribution in [2.75, 3.05) is 13.2 Å². The first kappa shape index (κ1) is 20.4. The normalized spacial score (nSPS) is 12.6. The molecule has 0 saturated heterocycles. The maximum absolute atomic E-state index is 12.5. The second-order valence-electron chi connectivity index (χ2n) is 5.83. The van der Waals surface area contributed by atoms with Gasteiger partial charge in [0.25, 0.3) is 5.91 Å². The predicted molar refractivity (Wildman–Crippen MR) is 107 cm³/mol. The summed E-state index contributed by atoms with van der Waals surface area (Å²) in [5, 5.41) is 9.57. The summed E-state index contributed by atoms with van der Waals surface area (Å²) in [4.78, 5) is 12.5. The summed E-state index contributed by atoms with van der Waals surface area (Å²) in [6.07, 6.45) is 5.75. The lowest BCUT2D eigenvalue weighted by molar-refractivity contribution is -0.121. The third kappa shape index (κ3) is 5.03. The number of aryl methyl sites for hydroxylation is 1. The zero-order valence-corrected chi connectivity index (χ0v) is 16.3. The minimum atomic E-state index is -0.546. The molecule has 1 unspecified atom stereocenters. The first-order chi connectivity index (χ1) is 12.6. The van der Waals surface area contributed by atoms with Crippen LogP contribution in [0.1, 0.15) is 44.6 Å². The number of nitrogens with two attached hydrogens (primary N) is 1. The predicted octanol–water partition coefficient (Wildman–Crippen LogP) is 3.63. The highest BCUT2D eigenvalue weighted by molar-refractivity contribution is 7.95. The molecular weight excluding hydrogens is 350 g/mol. The summed E-state index contributed by atoms with van der Waals surface area (Å²) in [5.74, 6) is 1.36. The largest absolute Gasteiger partial charge is 0.490 e. The number of hydrogen-bond donors (Lipinski definition) is 3. The lowest BCUT2D eigenvalue weighted by Crippen LogP contribution is -2.35. The highest BCUT2D eigenvalue weighted by Crippen LogP contribution is 2.33. The number of nitrogens with one attached hydrogen (secondary N) is 2. The minimum Gasteiger partial charge on any atom is -0.490 e. The number of furan rings is 1. The van der Waals surface area contributed by atoms with E-state index in [-0.39, 0.29) is 5.91 Å². The van der Waals surface area contributed by atoms with Crippen molar-refractivity contribution in [2.24, 2.45) is 5.14 Å². The number of benzene rings is 1. The van der Waals surface area contributed by atoms with Gasteiger partial charge in [-0.25, -0.2) is 0 Å². The number of allylic oxidation sites excluding steroid dienone is 1. The summed E-state index contributed by atoms with van der Waals surface area (Å²) in [6.45, 7) is 7.06. The van der Waals surface area contributed by atoms with E-state index >= 15 is 0 Å². The SMILES string of the molecule is C/C=C\CNC(C(=O)NSN)c1cc(OCC)c2oc(CCC)cc2c1. The molecule has 1 aromatic heterocycles. The van der Waals surface area contributed by atoms with Crippen molar-refractivity contribution >= 4 is 29.0 Å². The highest BCUT2D eigenvalue weighted by Gasteiger charge is 2.22. The van der Waals surface area contributed by atoms with Gasteiger partial charge in [0.2, 0.25) is 0 Å². The fourth-order valence-electron chi connectivity index (χ4n) is 2.78. The number of carbonyl (C=O) groups is 1. The Morgan fingerprint density at radius 3 is 2.85 bits per heavy atom. The standard InChI is InChI=1S/C19H27N3O3S/c1-4-7-9-21-17(19(23)22-26-20)13-10-14-11-15(8-5-2)25-18(14)16(12-13)24-6-3/h4,7,10-12,17,21H,5-6,8-9,20H2,1-3H3,(H,22,23)/b7-4-. The van der Waals surface area contributed by atoms with E-state index in [1.54, 1.807) is 0 Å². The minimum absolute atomic E-state index is 0.207. The molecule has 4 N–H and O–H groups in total. The number of fused-ring (bicyclic) bond motifs is 1. The Morgan fingerprint density at radius 1 is 1.38 bits per heavy atom. The molecule has 0 fully saturated rings. The number of ether oxygens (including phenoxy) is 1. The molecule has 0 aliphatic rings. The van der Waals surface area contributed by atoms with E-state index in [1.165, 1.54) is 0 Å². The third-order valence-electron chi connectivity index (χ3n) is 3.88. The summed E-state index contributed by atoms with van der Waals surface area (Å²) < 4.78 is 14.3. The van der Waals surface area contributed by atoms with Crippen molar-refractivity contribution in [3.63, 3.8) is 0 Å². The van der Waals surface area contributed by atoms with Crippen LogP contribution in [0.2, 0.25) is 0 Å². The molecule has 2 aromatic rings. The van der Waals surface area contributed by atoms with E-state index < -0.39 is 6.04 Å². The summed E-state index contributed by atoms with van der Waals surface area (Å²) in [6, 6.07) is 5.30. The molecule has 0 aliphatic carbocycles. The Balaban J connectivity index is 2.46. The lowest BCUT2D eigenvalue weighted by atomic mass is 10.0. The molecule has 26 heavy (non-hydrogen) atoms. The van der Waals surface area contributed by atoms with Gasteiger partial charge in [-0.3, -0.25) is 20.0 Å². The van der Waals surface area contributed by atoms with E-state index in [0.29, 0.717) is 18.9 Å². The first-order valence-corrected chi connectivity index (χ1v) is 9.71. The Kier molecular flexibility index (Phi) is 8.03. The van der Waals surface area contributed by atoms with Gasteiger partial charge >= 0.3 is 0 Å². The van der Waals surface area contributed by atoms with E-state index in [0.717, 1.165) is 47.3 Å². The van der Waals surface area contributed by atoms with Crippen LogP contribution in [-0.4, -0.2) is 19.1 Å². The van der Waals surface area contributed by atoms with Gasteiger partial charge in [0.15, 0.2) is 11.3 Å². The molecule has 2 rings (SSSR count). The summed E-state index contributed by atoms with van der Waals surface area (Å²) in [5.41, 5.74) is 1.53. The molecule has 1 atom stereocenters. The van der Waals surface area contributed by atoms with Crippen molar-refractivity contribution in [2.45, 2.75) is 39.7 Å². The molecule has 1 amide bonds. The zero-order valence-electron chi connectivity index (χ0n) is 15.5. The van der Waals surface area contributed by atoms with Gasteiger partial charge in [-0.1, -0.05) is 19.1 Å². The molecule has 7 heteroatoms. The Bertz CT molecular complexity index is 758. The van der Waals surface area contributed by atoms with Crippen LogP contribution in [0.15, 0.2) is 34.8 Å². The number of amides is 1. The molecule has 142 valence electrons. The van der Waals surface area contributed by atoms with E-state index in [9.17, 15) is 4.79 Å². The number of rotatable bonds is 10. The molecule has 0 spiro atoms. The van der Waals surface area contributed by atoms with Crippen molar-refractivity contribution in [1.29, 1.82) is 0 Å². The Hall–Kier alpha value is -1.96. The molecule has 1 heterocycles. The van der Waals surface area contributed by atoms with Gasteiger partial charge in [0.05, 0.1) is 6.61 Å². The quantitative estimate of drug-likeness (QED) is 0.433. The van der Waals surface area contributed by atoms with Crippen LogP contribution in [0.4, 0.5) is 0 Å². The molecule has 0 saturated carbocycles. The van der Waals surface area contributed by atoms with Gasteiger partial charge in [-0.2, -0.15) is 0 Å². The van der Waals surface area contributed by atoms with Crippen LogP contribution >= 0.6 is 12.1 Å². The number of hydrogen-bond acceptors (Lipinski definition) is 6. The fourth-order valence-corrected chi connectivity index (χ4v) is 3.01. The van der Waals surface area contributed by atoms with Crippen LogP contribution in [-0.2, 0) is 11.2 Å². The average molecular weight is 378 g/mol. The Labute approximate surface area is 158 Å². The van der Waals surface area contributed by atoms with Crippen LogP contribution in [0.5, 0.6) is 5.75 Å². The van der Waals surface area contributed by atoms with Gasteiger partial charge < -0.3 is 9.15 Å². The van der Waals surface area contributed by atoms with Crippen LogP contribution in [0.25, 0.3) is 11.0 Å². The topological polar surface area (TPSA) is 89.5 Å². The Morgan fingerprint density at radius 2 is 2.19 bits per heavy atom. The average Bonchev–Trinajstić information content (AvgIpc) is 3.02. The van der Waals surface area contributed by atoms with E-state index in [4.69, 9.17) is 14.3 Å². The first-order valence-electron chi connectivity index (χ1n) is 8.83. The smallest absolute Gasteiger partial charge is 0.252 e. The lowest BCUT2D eigenvalue weighted by Gasteiger charge is -2.18. The molecule has 0 bridgehead atoms. The highest BCUT2D eigenvalue weighted by atomic mass is 32.2.